The molecule has 26 atom stereocenters. The number of aliphatic carboxylic acids is 2. The molecule has 4 aliphatic heterocycles. The fourth-order valence-electron chi connectivity index (χ4n) is 11.4. The molecule has 36 nitrogen and oxygen atoms in total. The molecule has 5 unspecified atom stereocenters. The molecule has 0 radical (unpaired) electrons. The van der Waals surface area contributed by atoms with Crippen LogP contribution in [0, 0.1) is 35.5 Å². The number of rotatable bonds is 33. The first-order valence-corrected chi connectivity index (χ1v) is 32.6. The normalized spacial score (nSPS) is 31.1. The van der Waals surface area contributed by atoms with Crippen molar-refractivity contribution in [2.75, 3.05) is 26.4 Å². The van der Waals surface area contributed by atoms with Gasteiger partial charge in [-0.1, -0.05) is 69.2 Å². The lowest BCUT2D eigenvalue weighted by atomic mass is 9.88. The third-order valence-electron chi connectivity index (χ3n) is 18.0. The first kappa shape index (κ1) is 83.5. The molecule has 4 rings (SSSR count). The van der Waals surface area contributed by atoms with E-state index >= 15 is 0 Å². The minimum Gasteiger partial charge on any atom is -0.480 e. The van der Waals surface area contributed by atoms with Crippen LogP contribution in [0.2, 0.25) is 0 Å². The average Bonchev–Trinajstić information content (AvgIpc) is 1.44. The van der Waals surface area contributed by atoms with Gasteiger partial charge in [0.25, 0.3) is 5.79 Å². The van der Waals surface area contributed by atoms with Gasteiger partial charge in [-0.2, -0.15) is 0 Å². The van der Waals surface area contributed by atoms with Gasteiger partial charge in [0.05, 0.1) is 50.1 Å². The zero-order valence-corrected chi connectivity index (χ0v) is 57.2. The van der Waals surface area contributed by atoms with E-state index in [0.717, 1.165) is 0 Å². The van der Waals surface area contributed by atoms with Crippen molar-refractivity contribution in [2.24, 2.45) is 41.2 Å². The first-order chi connectivity index (χ1) is 45.1. The molecular formula is C61H105N9O27. The molecule has 0 aliphatic carbocycles. The van der Waals surface area contributed by atoms with Gasteiger partial charge >= 0.3 is 11.9 Å². The van der Waals surface area contributed by atoms with E-state index in [2.05, 4.69) is 37.2 Å². The van der Waals surface area contributed by atoms with Crippen molar-refractivity contribution >= 4 is 59.2 Å². The van der Waals surface area contributed by atoms with Gasteiger partial charge in [-0.15, -0.1) is 0 Å². The zero-order valence-electron chi connectivity index (χ0n) is 57.2. The Hall–Kier alpha value is -5.94. The van der Waals surface area contributed by atoms with Crippen LogP contribution in [0.5, 0.6) is 0 Å². The lowest BCUT2D eigenvalue weighted by Crippen LogP contribution is -2.70. The Kier molecular flexibility index (Phi) is 31.3. The van der Waals surface area contributed by atoms with Crippen LogP contribution in [0.1, 0.15) is 116 Å². The molecule has 97 heavy (non-hydrogen) atoms. The molecule has 4 aliphatic rings. The Morgan fingerprint density at radius 3 is 1.53 bits per heavy atom. The average molecular weight is 1400 g/mol. The van der Waals surface area contributed by atoms with Crippen LogP contribution >= 0.6 is 0 Å². The second kappa shape index (κ2) is 36.4. The Morgan fingerprint density at radius 1 is 0.588 bits per heavy atom. The molecule has 0 aromatic carbocycles. The molecule has 0 aromatic heterocycles. The number of hydrogen-bond donors (Lipinski definition) is 19. The number of amides is 8. The standard InChI is InChI=1S/C61H105N9O27/c1-22(2)38(53(84)65-30(13)57(88)89)67-55(86)40(24(5)6)68-54(85)39(23(3)4)66-51(82)29(12)63-50(81)28(11)64-52(83)32-16-15-17-70(32)56(87)41(25(7)8)69-49(80)26(9)31(14)92-58-27(10)46(43(77)35(20-72)93-58)95-59-45(79)48(44(78)36(21-73)94-59)97-61(60(90)91)18-33(74)37(62)47(96-61)42(76)34(75)19-71/h22-48,58-59,71-79H,15-21,62H2,1-14H3,(H,63,81)(H,64,83)(H,65,84)(H,66,82)(H,67,86)(H,68,85)(H,69,80)(H,88,89)(H,90,91)/t26-,27?,28-,29-,30-,31+,32-,33+,34+,35?,36?,37+,38-,39-,40-,41-,42+,43-,44-,45-,46+,47?,48?,58-,59-,61-/m0/s1. The van der Waals surface area contributed by atoms with Crippen LogP contribution in [0.25, 0.3) is 0 Å². The molecule has 4 heterocycles. The smallest absolute Gasteiger partial charge is 0.364 e. The monoisotopic (exact) mass is 1400 g/mol. The summed E-state index contributed by atoms with van der Waals surface area (Å²) in [6.07, 6.45) is -25.6. The maximum atomic E-state index is 14.4. The van der Waals surface area contributed by atoms with Crippen molar-refractivity contribution in [1.29, 1.82) is 0 Å². The lowest BCUT2D eigenvalue weighted by molar-refractivity contribution is -0.384. The number of hydrogen-bond acceptors (Lipinski definition) is 26. The number of carboxylic acid groups (broad SMARTS) is 2. The Morgan fingerprint density at radius 2 is 1.04 bits per heavy atom. The SMILES string of the molecule is CC(C)[C@H](NC(=O)[C@H](C)NC(=O)[C@H](C)NC(=O)[C@@H]1CCCN1C(=O)[C@@H](NC(=O)[C@@H](C)[C@@H](C)O[C@H]1OC(CO)[C@H](O)[C@H](O[C@@H]2OC(CO)[C@H](O)C(O[C@]3(C(=O)O)C[C@@H](O)[C@@H](N)C([C@H](O)[C@H](O)CO)O3)[C@@H]2O)C1C)C(C)C)C(=O)N[C@H](C(=O)N[C@H](C(=O)N[C@@H](C)C(=O)O)C(C)C)C(C)C. The van der Waals surface area contributed by atoms with E-state index in [0.29, 0.717) is 6.42 Å². The number of likely N-dealkylation sites (tertiary alicyclic amines) is 1. The van der Waals surface area contributed by atoms with Gasteiger partial charge in [-0.3, -0.25) is 43.2 Å². The lowest BCUT2D eigenvalue weighted by Gasteiger charge is -2.50. The van der Waals surface area contributed by atoms with Crippen molar-refractivity contribution < 1.29 is 133 Å². The van der Waals surface area contributed by atoms with Gasteiger partial charge in [-0.05, 0) is 64.2 Å². The summed E-state index contributed by atoms with van der Waals surface area (Å²) >= 11 is 0. The van der Waals surface area contributed by atoms with E-state index in [1.54, 1.807) is 55.4 Å². The Balaban J connectivity index is 1.39. The number of ether oxygens (including phenoxy) is 6. The van der Waals surface area contributed by atoms with E-state index in [1.807, 2.05) is 0 Å². The number of carbonyl (C=O) groups is 10. The van der Waals surface area contributed by atoms with Crippen LogP contribution in [-0.2, 0) is 76.4 Å². The zero-order chi connectivity index (χ0) is 73.7. The maximum Gasteiger partial charge on any atom is 0.364 e. The molecule has 0 saturated carbocycles. The summed E-state index contributed by atoms with van der Waals surface area (Å²) in [5.41, 5.74) is 5.98. The van der Waals surface area contributed by atoms with Gasteiger partial charge < -0.3 is 132 Å². The predicted molar refractivity (Wildman–Crippen MR) is 333 cm³/mol. The van der Waals surface area contributed by atoms with Gasteiger partial charge in [0.15, 0.2) is 12.6 Å². The highest BCUT2D eigenvalue weighted by molar-refractivity contribution is 5.98. The van der Waals surface area contributed by atoms with Crippen LogP contribution in [-0.4, -0.2) is 293 Å². The number of aliphatic hydroxyl groups excluding tert-OH is 9. The fourth-order valence-corrected chi connectivity index (χ4v) is 11.4. The third-order valence-corrected chi connectivity index (χ3v) is 18.0. The first-order valence-electron chi connectivity index (χ1n) is 32.6. The van der Waals surface area contributed by atoms with Crippen molar-refractivity contribution in [3.8, 4) is 0 Å². The predicted octanol–water partition coefficient (Wildman–Crippen LogP) is -6.92. The summed E-state index contributed by atoms with van der Waals surface area (Å²) < 4.78 is 35.2. The quantitative estimate of drug-likeness (QED) is 0.0290. The van der Waals surface area contributed by atoms with E-state index in [-0.39, 0.29) is 13.0 Å². The second-order valence-corrected chi connectivity index (χ2v) is 27.0. The summed E-state index contributed by atoms with van der Waals surface area (Å²) in [6, 6.07) is -11.3. The van der Waals surface area contributed by atoms with Crippen LogP contribution < -0.4 is 43.0 Å². The molecule has 4 saturated heterocycles. The fraction of sp³-hybridized carbons (Fsp3) is 0.836. The Bertz CT molecular complexity index is 2700. The van der Waals surface area contributed by atoms with Crippen LogP contribution in [0.3, 0.4) is 0 Å². The molecular weight excluding hydrogens is 1290 g/mol. The summed E-state index contributed by atoms with van der Waals surface area (Å²) in [6.45, 7) is 18.7. The van der Waals surface area contributed by atoms with E-state index in [9.17, 15) is 104 Å². The summed E-state index contributed by atoms with van der Waals surface area (Å²) in [4.78, 5) is 135. The van der Waals surface area contributed by atoms with E-state index < -0.39 is 267 Å². The van der Waals surface area contributed by atoms with Crippen LogP contribution in [0.4, 0.5) is 0 Å². The molecule has 556 valence electrons. The number of aliphatic hydroxyl groups is 9. The second-order valence-electron chi connectivity index (χ2n) is 27.0. The number of nitrogens with zero attached hydrogens (tertiary/aromatic N) is 1. The number of carboxylic acids is 2. The summed E-state index contributed by atoms with van der Waals surface area (Å²) in [5, 5.41) is 134. The largest absolute Gasteiger partial charge is 0.480 e. The molecule has 20 N–H and O–H groups in total. The van der Waals surface area contributed by atoms with Crippen molar-refractivity contribution in [3.05, 3.63) is 0 Å². The van der Waals surface area contributed by atoms with Crippen molar-refractivity contribution in [3.63, 3.8) is 0 Å². The van der Waals surface area contributed by atoms with Gasteiger partial charge in [0.2, 0.25) is 47.3 Å². The molecule has 36 heteroatoms. The molecule has 8 amide bonds. The Labute approximate surface area is 562 Å². The van der Waals surface area contributed by atoms with Gasteiger partial charge in [-0.25, -0.2) is 4.79 Å². The minimum absolute atomic E-state index is 0.0929. The van der Waals surface area contributed by atoms with Crippen LogP contribution in [0.15, 0.2) is 0 Å². The maximum absolute atomic E-state index is 14.4. The molecule has 0 bridgehead atoms. The number of carbonyl (C=O) groups excluding carboxylic acids is 8. The van der Waals surface area contributed by atoms with E-state index in [4.69, 9.17) is 34.2 Å². The van der Waals surface area contributed by atoms with E-state index in [1.165, 1.54) is 46.4 Å². The van der Waals surface area contributed by atoms with Crippen molar-refractivity contribution in [1.82, 2.24) is 42.1 Å². The molecule has 0 aromatic rings. The topological polar surface area (TPSA) is 562 Å². The molecule has 4 fully saturated rings. The summed E-state index contributed by atoms with van der Waals surface area (Å²) in [7, 11) is 0. The highest BCUT2D eigenvalue weighted by Crippen LogP contribution is 2.39. The van der Waals surface area contributed by atoms with Gasteiger partial charge in [0.1, 0.15) is 103 Å². The number of nitrogens with one attached hydrogen (secondary N) is 7. The molecule has 0 spiro atoms. The van der Waals surface area contributed by atoms with Gasteiger partial charge in [0, 0.05) is 18.9 Å². The highest BCUT2D eigenvalue weighted by atomic mass is 16.8. The third kappa shape index (κ3) is 20.8. The minimum atomic E-state index is -3.03. The highest BCUT2D eigenvalue weighted by Gasteiger charge is 2.60. The van der Waals surface area contributed by atoms with Crippen molar-refractivity contribution in [2.45, 2.75) is 262 Å². The summed E-state index contributed by atoms with van der Waals surface area (Å²) in [5.74, 6) is -16.5. The number of nitrogens with two attached hydrogens (primary N) is 1.